The summed E-state index contributed by atoms with van der Waals surface area (Å²) in [4.78, 5) is 16.5. The smallest absolute Gasteiger partial charge is 0.338 e. The van der Waals surface area contributed by atoms with Crippen LogP contribution in [0.3, 0.4) is 0 Å². The van der Waals surface area contributed by atoms with Gasteiger partial charge in [0.05, 0.1) is 17.1 Å². The first kappa shape index (κ1) is 24.3. The minimum Gasteiger partial charge on any atom is -0.462 e. The number of hydrogen-bond donors (Lipinski definition) is 0. The maximum atomic E-state index is 13.5. The average Bonchev–Trinajstić information content (AvgIpc) is 3.11. The maximum Gasteiger partial charge on any atom is 0.338 e. The molecule has 2 rings (SSSR count). The molecular weight excluding hydrogens is 458 g/mol. The lowest BCUT2D eigenvalue weighted by atomic mass is 10.2. The van der Waals surface area contributed by atoms with Gasteiger partial charge in [-0.25, -0.2) is 13.2 Å². The normalized spacial score (nSPS) is 18.0. The topological polar surface area (TPSA) is 70.2 Å². The number of carbonyl (C=O) groups excluding carboxylic acids is 1. The molecule has 0 aliphatic carbocycles. The fraction of sp³-hybridized carbons (Fsp3) is 0.650. The molecule has 29 heavy (non-hydrogen) atoms. The molecule has 0 spiro atoms. The van der Waals surface area contributed by atoms with E-state index >= 15 is 0 Å². The summed E-state index contributed by atoms with van der Waals surface area (Å²) >= 11 is 3.35. The molecule has 9 heteroatoms. The van der Waals surface area contributed by atoms with Gasteiger partial charge in [-0.05, 0) is 81.1 Å². The second-order valence-electron chi connectivity index (χ2n) is 7.46. The van der Waals surface area contributed by atoms with Crippen molar-refractivity contribution in [3.05, 3.63) is 28.2 Å². The van der Waals surface area contributed by atoms with Gasteiger partial charge >= 0.3 is 5.97 Å². The number of ether oxygens (including phenoxy) is 1. The van der Waals surface area contributed by atoms with Gasteiger partial charge in [0.15, 0.2) is 0 Å². The van der Waals surface area contributed by atoms with Crippen LogP contribution in [0.1, 0.15) is 37.0 Å². The highest BCUT2D eigenvalue weighted by Gasteiger charge is 2.32. The largest absolute Gasteiger partial charge is 0.462 e. The molecule has 1 aliphatic rings. The number of halogens is 1. The van der Waals surface area contributed by atoms with Crippen LogP contribution in [0.2, 0.25) is 0 Å². The molecule has 164 valence electrons. The number of nitrogens with zero attached hydrogens (tertiary/aromatic N) is 3. The van der Waals surface area contributed by atoms with Crippen LogP contribution in [-0.4, -0.2) is 88.0 Å². The molecule has 1 heterocycles. The van der Waals surface area contributed by atoms with Crippen molar-refractivity contribution in [1.82, 2.24) is 14.1 Å². The molecule has 0 saturated carbocycles. The number of hydrogen-bond acceptors (Lipinski definition) is 6. The van der Waals surface area contributed by atoms with Crippen molar-refractivity contribution >= 4 is 31.9 Å². The van der Waals surface area contributed by atoms with Gasteiger partial charge in [0.25, 0.3) is 0 Å². The molecule has 0 bridgehead atoms. The molecule has 0 radical (unpaired) electrons. The number of benzene rings is 1. The molecule has 1 atom stereocenters. The summed E-state index contributed by atoms with van der Waals surface area (Å²) in [6.07, 6.45) is 2.10. The van der Waals surface area contributed by atoms with Gasteiger partial charge in [0.1, 0.15) is 0 Å². The van der Waals surface area contributed by atoms with E-state index < -0.39 is 16.0 Å². The zero-order chi connectivity index (χ0) is 21.6. The van der Waals surface area contributed by atoms with Crippen LogP contribution in [0.4, 0.5) is 0 Å². The second-order valence-corrected chi connectivity index (χ2v) is 10.2. The summed E-state index contributed by atoms with van der Waals surface area (Å²) < 4.78 is 34.0. The van der Waals surface area contributed by atoms with Crippen molar-refractivity contribution in [2.45, 2.75) is 37.6 Å². The van der Waals surface area contributed by atoms with Gasteiger partial charge in [0.2, 0.25) is 10.0 Å². The molecule has 1 fully saturated rings. The van der Waals surface area contributed by atoms with Gasteiger partial charge < -0.3 is 9.64 Å². The molecule has 1 aliphatic heterocycles. The Morgan fingerprint density at radius 2 is 2.00 bits per heavy atom. The van der Waals surface area contributed by atoms with E-state index in [1.165, 1.54) is 18.2 Å². The molecule has 1 aromatic rings. The van der Waals surface area contributed by atoms with E-state index in [0.29, 0.717) is 29.7 Å². The Kier molecular flexibility index (Phi) is 9.09. The second kappa shape index (κ2) is 10.9. The van der Waals surface area contributed by atoms with E-state index in [9.17, 15) is 13.2 Å². The van der Waals surface area contributed by atoms with Crippen molar-refractivity contribution in [3.8, 4) is 0 Å². The van der Waals surface area contributed by atoms with E-state index in [1.807, 2.05) is 19.0 Å². The Balaban J connectivity index is 2.31. The zero-order valence-electron chi connectivity index (χ0n) is 17.7. The van der Waals surface area contributed by atoms with Crippen LogP contribution < -0.4 is 0 Å². The minimum atomic E-state index is -3.72. The van der Waals surface area contributed by atoms with Gasteiger partial charge in [-0.3, -0.25) is 4.90 Å². The molecule has 1 unspecified atom stereocenters. The Bertz CT molecular complexity index is 801. The summed E-state index contributed by atoms with van der Waals surface area (Å²) in [6, 6.07) is 4.74. The first-order chi connectivity index (χ1) is 13.7. The molecule has 7 nitrogen and oxygen atoms in total. The predicted molar refractivity (Wildman–Crippen MR) is 118 cm³/mol. The standard InChI is InChI=1S/C20H32BrN3O4S/c1-5-23-11-7-8-17(23)15-24(13-12-22(3)4)29(26,27)19-10-9-16(14-18(19)21)20(25)28-6-2/h9-10,14,17H,5-8,11-13,15H2,1-4H3. The average molecular weight is 490 g/mol. The van der Waals surface area contributed by atoms with Crippen molar-refractivity contribution in [2.75, 3.05) is 53.4 Å². The van der Waals surface area contributed by atoms with Crippen LogP contribution in [0, 0.1) is 0 Å². The van der Waals surface area contributed by atoms with Crippen molar-refractivity contribution < 1.29 is 17.9 Å². The highest BCUT2D eigenvalue weighted by atomic mass is 79.9. The summed E-state index contributed by atoms with van der Waals surface area (Å²) in [5.74, 6) is -0.467. The van der Waals surface area contributed by atoms with Crippen molar-refractivity contribution in [1.29, 1.82) is 0 Å². The number of rotatable bonds is 10. The van der Waals surface area contributed by atoms with Crippen LogP contribution in [0.25, 0.3) is 0 Å². The monoisotopic (exact) mass is 489 g/mol. The number of esters is 1. The van der Waals surface area contributed by atoms with E-state index in [1.54, 1.807) is 11.2 Å². The van der Waals surface area contributed by atoms with E-state index in [-0.39, 0.29) is 17.5 Å². The van der Waals surface area contributed by atoms with Crippen molar-refractivity contribution in [2.24, 2.45) is 0 Å². The highest BCUT2D eigenvalue weighted by molar-refractivity contribution is 9.10. The van der Waals surface area contributed by atoms with E-state index in [4.69, 9.17) is 4.74 Å². The third-order valence-electron chi connectivity index (χ3n) is 5.18. The molecule has 0 aromatic heterocycles. The summed E-state index contributed by atoms with van der Waals surface area (Å²) in [5, 5.41) is 0. The lowest BCUT2D eigenvalue weighted by Gasteiger charge is -2.30. The first-order valence-corrected chi connectivity index (χ1v) is 12.3. The first-order valence-electron chi connectivity index (χ1n) is 10.1. The number of sulfonamides is 1. The Hall–Kier alpha value is -1.00. The summed E-state index contributed by atoms with van der Waals surface area (Å²) in [5.41, 5.74) is 0.325. The lowest BCUT2D eigenvalue weighted by molar-refractivity contribution is 0.0526. The van der Waals surface area contributed by atoms with Crippen molar-refractivity contribution in [3.63, 3.8) is 0 Å². The molecule has 1 aromatic carbocycles. The summed E-state index contributed by atoms with van der Waals surface area (Å²) in [6.45, 7) is 7.57. The van der Waals surface area contributed by atoms with Crippen LogP contribution in [0.15, 0.2) is 27.6 Å². The van der Waals surface area contributed by atoms with E-state index in [2.05, 4.69) is 27.8 Å². The van der Waals surface area contributed by atoms with Crippen LogP contribution in [-0.2, 0) is 14.8 Å². The Morgan fingerprint density at radius 1 is 1.28 bits per heavy atom. The third-order valence-corrected chi connectivity index (χ3v) is 8.02. The molecule has 0 amide bonds. The number of likely N-dealkylation sites (N-methyl/N-ethyl adjacent to an activating group) is 2. The molecule has 0 N–H and O–H groups in total. The molecular formula is C20H32BrN3O4S. The zero-order valence-corrected chi connectivity index (χ0v) is 20.1. The lowest BCUT2D eigenvalue weighted by Crippen LogP contribution is -2.45. The molecule has 1 saturated heterocycles. The quantitative estimate of drug-likeness (QED) is 0.470. The number of carbonyl (C=O) groups is 1. The fourth-order valence-corrected chi connectivity index (χ4v) is 6.07. The van der Waals surface area contributed by atoms with Gasteiger partial charge in [-0.15, -0.1) is 0 Å². The van der Waals surface area contributed by atoms with Gasteiger partial charge in [-0.2, -0.15) is 4.31 Å². The van der Waals surface area contributed by atoms with Crippen LogP contribution >= 0.6 is 15.9 Å². The highest BCUT2D eigenvalue weighted by Crippen LogP contribution is 2.28. The van der Waals surface area contributed by atoms with Crippen LogP contribution in [0.5, 0.6) is 0 Å². The van der Waals surface area contributed by atoms with Gasteiger partial charge in [0, 0.05) is 30.1 Å². The predicted octanol–water partition coefficient (Wildman–Crippen LogP) is 2.66. The fourth-order valence-electron chi connectivity index (χ4n) is 3.56. The minimum absolute atomic E-state index is 0.172. The summed E-state index contributed by atoms with van der Waals surface area (Å²) in [7, 11) is 0.146. The van der Waals surface area contributed by atoms with Gasteiger partial charge in [-0.1, -0.05) is 6.92 Å². The Labute approximate surface area is 183 Å². The van der Waals surface area contributed by atoms with E-state index in [0.717, 1.165) is 25.9 Å². The number of likely N-dealkylation sites (tertiary alicyclic amines) is 1. The SMILES string of the molecule is CCOC(=O)c1ccc(S(=O)(=O)N(CCN(C)C)CC2CCCN2CC)c(Br)c1. The third kappa shape index (κ3) is 6.24. The Morgan fingerprint density at radius 3 is 2.59 bits per heavy atom. The maximum absolute atomic E-state index is 13.5.